The zero-order chi connectivity index (χ0) is 20.9. The number of hydrogen-bond acceptors (Lipinski definition) is 2. The molecule has 2 N–H and O–H groups in total. The van der Waals surface area contributed by atoms with Crippen molar-refractivity contribution < 1.29 is 10.2 Å². The summed E-state index contributed by atoms with van der Waals surface area (Å²) in [4.78, 5) is 0. The fourth-order valence-electron chi connectivity index (χ4n) is 3.73. The average molecular weight is 392 g/mol. The van der Waals surface area contributed by atoms with E-state index in [1.807, 2.05) is 121 Å². The Bertz CT molecular complexity index is 918. The Balaban J connectivity index is 1.87. The van der Waals surface area contributed by atoms with Gasteiger partial charge in [-0.2, -0.15) is 0 Å². The van der Waals surface area contributed by atoms with E-state index in [1.54, 1.807) is 12.2 Å². The molecule has 4 rings (SSSR count). The number of rotatable bonds is 6. The van der Waals surface area contributed by atoms with Crippen molar-refractivity contribution in [3.63, 3.8) is 0 Å². The fraction of sp³-hybridized carbons (Fsp3) is 0.0714. The molecule has 0 saturated carbocycles. The van der Waals surface area contributed by atoms with E-state index in [1.165, 1.54) is 0 Å². The molecule has 0 amide bonds. The molecule has 0 aromatic heterocycles. The summed E-state index contributed by atoms with van der Waals surface area (Å²) in [5, 5.41) is 23.6. The molecule has 0 bridgehead atoms. The first-order chi connectivity index (χ1) is 14.6. The molecular weight excluding hydrogens is 368 g/mol. The molecule has 0 aliphatic heterocycles. The van der Waals surface area contributed by atoms with Gasteiger partial charge in [-0.3, -0.25) is 0 Å². The van der Waals surface area contributed by atoms with Gasteiger partial charge in [0, 0.05) is 0 Å². The van der Waals surface area contributed by atoms with Gasteiger partial charge >= 0.3 is 0 Å². The van der Waals surface area contributed by atoms with Gasteiger partial charge in [0.2, 0.25) is 0 Å². The third-order valence-electron chi connectivity index (χ3n) is 5.42. The Kier molecular flexibility index (Phi) is 5.62. The highest BCUT2D eigenvalue weighted by Crippen LogP contribution is 2.36. The Morgan fingerprint density at radius 3 is 0.767 bits per heavy atom. The largest absolute Gasteiger partial charge is 0.377 e. The molecule has 148 valence electrons. The predicted molar refractivity (Wildman–Crippen MR) is 121 cm³/mol. The predicted octanol–water partition coefficient (Wildman–Crippen LogP) is 5.41. The van der Waals surface area contributed by atoms with Crippen LogP contribution in [-0.2, 0) is 11.2 Å². The van der Waals surface area contributed by atoms with Crippen LogP contribution in [0.25, 0.3) is 0 Å². The van der Waals surface area contributed by atoms with Crippen LogP contribution in [0.2, 0.25) is 0 Å². The maximum atomic E-state index is 11.8. The molecule has 0 saturated heterocycles. The van der Waals surface area contributed by atoms with Crippen LogP contribution in [0.5, 0.6) is 0 Å². The Labute approximate surface area is 177 Å². The van der Waals surface area contributed by atoms with E-state index in [0.717, 1.165) is 22.3 Å². The van der Waals surface area contributed by atoms with E-state index in [0.29, 0.717) is 0 Å². The highest BCUT2D eigenvalue weighted by Gasteiger charge is 2.33. The second kappa shape index (κ2) is 8.50. The molecule has 0 heterocycles. The van der Waals surface area contributed by atoms with Crippen LogP contribution in [0.1, 0.15) is 22.3 Å². The van der Waals surface area contributed by atoms with Gasteiger partial charge in [-0.25, -0.2) is 0 Å². The van der Waals surface area contributed by atoms with Crippen molar-refractivity contribution in [2.45, 2.75) is 11.2 Å². The van der Waals surface area contributed by atoms with E-state index in [2.05, 4.69) is 0 Å². The van der Waals surface area contributed by atoms with Gasteiger partial charge in [0.1, 0.15) is 11.2 Å². The minimum Gasteiger partial charge on any atom is -0.377 e. The zero-order valence-corrected chi connectivity index (χ0v) is 16.6. The normalized spacial score (nSPS) is 12.2. The van der Waals surface area contributed by atoms with Crippen LogP contribution in [0, 0.1) is 0 Å². The Morgan fingerprint density at radius 1 is 0.367 bits per heavy atom. The molecule has 0 fully saturated rings. The Morgan fingerprint density at radius 2 is 0.567 bits per heavy atom. The summed E-state index contributed by atoms with van der Waals surface area (Å²) in [6.45, 7) is 0. The summed E-state index contributed by atoms with van der Waals surface area (Å²) in [6, 6.07) is 38.0. The van der Waals surface area contributed by atoms with Crippen LogP contribution in [0.4, 0.5) is 0 Å². The fourth-order valence-corrected chi connectivity index (χ4v) is 3.73. The first kappa shape index (κ1) is 19.8. The summed E-state index contributed by atoms with van der Waals surface area (Å²) in [7, 11) is 0. The van der Waals surface area contributed by atoms with Crippen molar-refractivity contribution in [3.05, 3.63) is 156 Å². The molecule has 0 atom stereocenters. The molecule has 2 nitrogen and oxygen atoms in total. The van der Waals surface area contributed by atoms with Crippen molar-refractivity contribution in [2.75, 3.05) is 0 Å². The minimum absolute atomic E-state index is 0.732. The molecule has 0 aliphatic rings. The SMILES string of the molecule is OC(/C=C/C(O)(c1ccccc1)c1ccccc1)(c1ccccc1)c1ccccc1. The summed E-state index contributed by atoms with van der Waals surface area (Å²) in [6.07, 6.45) is 3.38. The minimum atomic E-state index is -1.39. The van der Waals surface area contributed by atoms with Gasteiger partial charge in [-0.15, -0.1) is 0 Å². The van der Waals surface area contributed by atoms with Crippen LogP contribution in [-0.4, -0.2) is 10.2 Å². The molecule has 4 aromatic carbocycles. The number of aliphatic hydroxyl groups is 2. The van der Waals surface area contributed by atoms with E-state index < -0.39 is 11.2 Å². The number of hydrogen-bond donors (Lipinski definition) is 2. The van der Waals surface area contributed by atoms with Gasteiger partial charge in [-0.05, 0) is 34.4 Å². The molecular formula is C28H24O2. The van der Waals surface area contributed by atoms with Crippen LogP contribution >= 0.6 is 0 Å². The van der Waals surface area contributed by atoms with E-state index in [9.17, 15) is 10.2 Å². The average Bonchev–Trinajstić information content (AvgIpc) is 2.84. The second-order valence-corrected chi connectivity index (χ2v) is 7.33. The molecule has 30 heavy (non-hydrogen) atoms. The lowest BCUT2D eigenvalue weighted by atomic mass is 9.81. The standard InChI is InChI=1S/C28H24O2/c29-27(23-13-5-1-6-14-23,24-15-7-2-8-16-24)21-22-28(30,25-17-9-3-10-18-25)26-19-11-4-12-20-26/h1-22,29-30H/b22-21+. The lowest BCUT2D eigenvalue weighted by Gasteiger charge is -2.30. The smallest absolute Gasteiger partial charge is 0.133 e. The van der Waals surface area contributed by atoms with Gasteiger partial charge in [-0.1, -0.05) is 121 Å². The van der Waals surface area contributed by atoms with Crippen LogP contribution in [0.15, 0.2) is 133 Å². The highest BCUT2D eigenvalue weighted by molar-refractivity contribution is 5.45. The lowest BCUT2D eigenvalue weighted by molar-refractivity contribution is 0.116. The monoisotopic (exact) mass is 392 g/mol. The maximum Gasteiger partial charge on any atom is 0.133 e. The van der Waals surface area contributed by atoms with Crippen molar-refractivity contribution in [1.82, 2.24) is 0 Å². The summed E-state index contributed by atoms with van der Waals surface area (Å²) < 4.78 is 0. The molecule has 0 spiro atoms. The molecule has 2 heteroatoms. The molecule has 0 radical (unpaired) electrons. The van der Waals surface area contributed by atoms with Crippen molar-refractivity contribution in [3.8, 4) is 0 Å². The quantitative estimate of drug-likeness (QED) is 0.431. The first-order valence-electron chi connectivity index (χ1n) is 10.0. The first-order valence-corrected chi connectivity index (χ1v) is 10.0. The second-order valence-electron chi connectivity index (χ2n) is 7.33. The topological polar surface area (TPSA) is 40.5 Å². The van der Waals surface area contributed by atoms with Crippen molar-refractivity contribution in [2.24, 2.45) is 0 Å². The van der Waals surface area contributed by atoms with Gasteiger partial charge in [0.15, 0.2) is 0 Å². The Hall–Kier alpha value is -3.46. The zero-order valence-electron chi connectivity index (χ0n) is 16.6. The van der Waals surface area contributed by atoms with Gasteiger partial charge < -0.3 is 10.2 Å². The molecule has 0 aliphatic carbocycles. The number of benzene rings is 4. The van der Waals surface area contributed by atoms with Crippen molar-refractivity contribution in [1.29, 1.82) is 0 Å². The maximum absolute atomic E-state index is 11.8. The van der Waals surface area contributed by atoms with Gasteiger partial charge in [0.05, 0.1) is 0 Å². The van der Waals surface area contributed by atoms with Crippen LogP contribution in [0.3, 0.4) is 0 Å². The molecule has 0 unspecified atom stereocenters. The summed E-state index contributed by atoms with van der Waals surface area (Å²) in [5.41, 5.74) is 0.152. The molecule has 4 aromatic rings. The van der Waals surface area contributed by atoms with E-state index in [-0.39, 0.29) is 0 Å². The summed E-state index contributed by atoms with van der Waals surface area (Å²) >= 11 is 0. The van der Waals surface area contributed by atoms with Crippen LogP contribution < -0.4 is 0 Å². The third-order valence-corrected chi connectivity index (χ3v) is 5.42. The van der Waals surface area contributed by atoms with E-state index >= 15 is 0 Å². The summed E-state index contributed by atoms with van der Waals surface area (Å²) in [5.74, 6) is 0. The van der Waals surface area contributed by atoms with E-state index in [4.69, 9.17) is 0 Å². The highest BCUT2D eigenvalue weighted by atomic mass is 16.3. The van der Waals surface area contributed by atoms with Crippen molar-refractivity contribution >= 4 is 0 Å². The third kappa shape index (κ3) is 3.84. The lowest BCUT2D eigenvalue weighted by Crippen LogP contribution is -2.29. The van der Waals surface area contributed by atoms with Gasteiger partial charge in [0.25, 0.3) is 0 Å².